The van der Waals surface area contributed by atoms with E-state index in [-0.39, 0.29) is 11.9 Å². The summed E-state index contributed by atoms with van der Waals surface area (Å²) < 4.78 is 5.47. The van der Waals surface area contributed by atoms with Gasteiger partial charge in [-0.15, -0.1) is 0 Å². The summed E-state index contributed by atoms with van der Waals surface area (Å²) in [4.78, 5) is 13.4. The molecule has 0 amide bonds. The molecule has 1 saturated carbocycles. The summed E-state index contributed by atoms with van der Waals surface area (Å²) in [7, 11) is 0. The Hall–Kier alpha value is -1.74. The van der Waals surface area contributed by atoms with Gasteiger partial charge in [-0.05, 0) is 67.7 Å². The Bertz CT molecular complexity index is 733. The van der Waals surface area contributed by atoms with Crippen LogP contribution in [0.5, 0.6) is 0 Å². The van der Waals surface area contributed by atoms with Crippen LogP contribution in [0.15, 0.2) is 59.5 Å². The van der Waals surface area contributed by atoms with Crippen LogP contribution in [0, 0.1) is 5.92 Å². The van der Waals surface area contributed by atoms with Crippen LogP contribution in [-0.4, -0.2) is 5.97 Å². The molecule has 30 heavy (non-hydrogen) atoms. The van der Waals surface area contributed by atoms with Gasteiger partial charge in [0, 0.05) is 4.90 Å². The molecule has 0 saturated heterocycles. The fourth-order valence-electron chi connectivity index (χ4n) is 4.36. The van der Waals surface area contributed by atoms with E-state index in [9.17, 15) is 4.79 Å². The Morgan fingerprint density at radius 2 is 1.53 bits per heavy atom. The van der Waals surface area contributed by atoms with E-state index in [1.807, 2.05) is 30.3 Å². The fraction of sp³-hybridized carbons (Fsp3) is 0.519. The third-order valence-electron chi connectivity index (χ3n) is 6.29. The van der Waals surface area contributed by atoms with Gasteiger partial charge in [0.05, 0.1) is 18.0 Å². The molecule has 0 bridgehead atoms. The lowest BCUT2D eigenvalue weighted by molar-refractivity contribution is -0.138. The highest BCUT2D eigenvalue weighted by Crippen LogP contribution is 2.37. The number of unbranched alkanes of at least 4 members (excludes halogenated alkanes) is 5. The normalized spacial score (nSPS) is 18.8. The van der Waals surface area contributed by atoms with Gasteiger partial charge in [-0.1, -0.05) is 81.5 Å². The fourth-order valence-corrected chi connectivity index (χ4v) is 4.94. The molecule has 0 radical (unpaired) electrons. The summed E-state index contributed by atoms with van der Waals surface area (Å²) in [5.41, 5.74) is 2.90. The van der Waals surface area contributed by atoms with Crippen molar-refractivity contribution in [2.45, 2.75) is 88.4 Å². The van der Waals surface area contributed by atoms with Crippen LogP contribution in [0.25, 0.3) is 0 Å². The van der Waals surface area contributed by atoms with Crippen molar-refractivity contribution in [1.82, 2.24) is 0 Å². The van der Waals surface area contributed by atoms with Crippen molar-refractivity contribution in [1.29, 1.82) is 0 Å². The van der Waals surface area contributed by atoms with Gasteiger partial charge in [0.2, 0.25) is 0 Å². The number of hydrogen-bond acceptors (Lipinski definition) is 3. The Morgan fingerprint density at radius 1 is 0.867 bits per heavy atom. The van der Waals surface area contributed by atoms with E-state index in [1.54, 1.807) is 0 Å². The number of benzene rings is 2. The minimum atomic E-state index is -0.0587. The van der Waals surface area contributed by atoms with Gasteiger partial charge in [0.25, 0.3) is 0 Å². The van der Waals surface area contributed by atoms with E-state index in [4.69, 9.17) is 4.18 Å². The average Bonchev–Trinajstić information content (AvgIpc) is 2.81. The van der Waals surface area contributed by atoms with Gasteiger partial charge in [0.1, 0.15) is 0 Å². The predicted molar refractivity (Wildman–Crippen MR) is 127 cm³/mol. The molecule has 3 rings (SSSR count). The molecule has 0 heterocycles. The predicted octanol–water partition coefficient (Wildman–Crippen LogP) is 8.11. The van der Waals surface area contributed by atoms with Crippen molar-refractivity contribution in [2.75, 3.05) is 0 Å². The summed E-state index contributed by atoms with van der Waals surface area (Å²) in [6, 6.07) is 19.1. The molecule has 2 aromatic rings. The third kappa shape index (κ3) is 7.50. The molecule has 162 valence electrons. The maximum absolute atomic E-state index is 12.4. The van der Waals surface area contributed by atoms with Crippen LogP contribution < -0.4 is 0 Å². The Morgan fingerprint density at radius 3 is 2.23 bits per heavy atom. The van der Waals surface area contributed by atoms with Gasteiger partial charge in [-0.25, -0.2) is 0 Å². The first-order chi connectivity index (χ1) is 14.8. The van der Waals surface area contributed by atoms with Crippen LogP contribution in [0.2, 0.25) is 0 Å². The molecule has 0 spiro atoms. The molecule has 0 unspecified atom stereocenters. The first-order valence-corrected chi connectivity index (χ1v) is 12.5. The molecule has 0 aromatic heterocycles. The summed E-state index contributed by atoms with van der Waals surface area (Å²) in [6.07, 6.45) is 13.3. The quantitative estimate of drug-likeness (QED) is 0.269. The van der Waals surface area contributed by atoms with Crippen molar-refractivity contribution in [3.05, 3.63) is 65.7 Å². The maximum Gasteiger partial charge on any atom is 0.321 e. The van der Waals surface area contributed by atoms with Crippen molar-refractivity contribution < 1.29 is 8.98 Å². The number of rotatable bonds is 11. The van der Waals surface area contributed by atoms with Gasteiger partial charge in [0.15, 0.2) is 0 Å². The first-order valence-electron chi connectivity index (χ1n) is 11.8. The highest BCUT2D eigenvalue weighted by molar-refractivity contribution is 7.95. The smallest absolute Gasteiger partial charge is 0.321 e. The van der Waals surface area contributed by atoms with Crippen molar-refractivity contribution in [3.63, 3.8) is 0 Å². The standard InChI is InChI=1S/C27H36O2S/c1-2-3-4-5-6-8-11-22-14-16-23(17-15-22)24-18-20-25(21-19-24)27(28)29-30-26-12-9-7-10-13-26/h7,9-10,12-17,24-25H,2-6,8,11,18-21H2,1H3. The van der Waals surface area contributed by atoms with E-state index in [0.29, 0.717) is 5.92 Å². The van der Waals surface area contributed by atoms with E-state index in [1.165, 1.54) is 68.1 Å². The molecule has 0 N–H and O–H groups in total. The highest BCUT2D eigenvalue weighted by atomic mass is 32.2. The van der Waals surface area contributed by atoms with Crippen LogP contribution in [0.1, 0.15) is 88.2 Å². The Kier molecular flexibility index (Phi) is 9.82. The SMILES string of the molecule is CCCCCCCCc1ccc(C2CCC(C(=O)OSc3ccccc3)CC2)cc1. The molecule has 2 aromatic carbocycles. The largest absolute Gasteiger partial charge is 0.386 e. The summed E-state index contributed by atoms with van der Waals surface area (Å²) in [5, 5.41) is 0. The Labute approximate surface area is 187 Å². The second kappa shape index (κ2) is 12.8. The lowest BCUT2D eigenvalue weighted by Crippen LogP contribution is -2.21. The monoisotopic (exact) mass is 424 g/mol. The second-order valence-corrected chi connectivity index (χ2v) is 9.41. The van der Waals surface area contributed by atoms with E-state index in [2.05, 4.69) is 31.2 Å². The maximum atomic E-state index is 12.4. The minimum Gasteiger partial charge on any atom is -0.386 e. The zero-order valence-corrected chi connectivity index (χ0v) is 19.2. The molecule has 1 aliphatic carbocycles. The molecule has 0 aliphatic heterocycles. The number of aryl methyl sites for hydroxylation is 1. The zero-order valence-electron chi connectivity index (χ0n) is 18.4. The number of hydrogen-bond donors (Lipinski definition) is 0. The lowest BCUT2D eigenvalue weighted by atomic mass is 9.78. The van der Waals surface area contributed by atoms with Gasteiger partial charge in [-0.3, -0.25) is 4.79 Å². The molecule has 1 fully saturated rings. The van der Waals surface area contributed by atoms with Crippen molar-refractivity contribution >= 4 is 18.0 Å². The van der Waals surface area contributed by atoms with Gasteiger partial charge < -0.3 is 4.18 Å². The third-order valence-corrected chi connectivity index (χ3v) is 7.01. The molecular weight excluding hydrogens is 388 g/mol. The van der Waals surface area contributed by atoms with E-state index < -0.39 is 0 Å². The van der Waals surface area contributed by atoms with E-state index >= 15 is 0 Å². The van der Waals surface area contributed by atoms with Gasteiger partial charge in [-0.2, -0.15) is 0 Å². The molecule has 0 atom stereocenters. The molecular formula is C27H36O2S. The van der Waals surface area contributed by atoms with Crippen LogP contribution in [0.4, 0.5) is 0 Å². The van der Waals surface area contributed by atoms with Crippen LogP contribution >= 0.6 is 12.0 Å². The summed E-state index contributed by atoms with van der Waals surface area (Å²) in [5.74, 6) is 0.569. The average molecular weight is 425 g/mol. The summed E-state index contributed by atoms with van der Waals surface area (Å²) >= 11 is 1.18. The lowest BCUT2D eigenvalue weighted by Gasteiger charge is -2.27. The van der Waals surface area contributed by atoms with Crippen molar-refractivity contribution in [3.8, 4) is 0 Å². The van der Waals surface area contributed by atoms with Crippen LogP contribution in [0.3, 0.4) is 0 Å². The van der Waals surface area contributed by atoms with E-state index in [0.717, 1.165) is 30.6 Å². The zero-order chi connectivity index (χ0) is 21.0. The first kappa shape index (κ1) is 22.9. The molecule has 1 aliphatic rings. The number of carbonyl (C=O) groups excluding carboxylic acids is 1. The molecule has 3 heteroatoms. The number of carbonyl (C=O) groups is 1. The topological polar surface area (TPSA) is 26.3 Å². The van der Waals surface area contributed by atoms with Gasteiger partial charge >= 0.3 is 5.97 Å². The highest BCUT2D eigenvalue weighted by Gasteiger charge is 2.28. The van der Waals surface area contributed by atoms with Crippen molar-refractivity contribution in [2.24, 2.45) is 5.92 Å². The minimum absolute atomic E-state index is 0.0458. The van der Waals surface area contributed by atoms with Crippen LogP contribution in [-0.2, 0) is 15.4 Å². The Balaban J connectivity index is 1.36. The summed E-state index contributed by atoms with van der Waals surface area (Å²) in [6.45, 7) is 2.27. The second-order valence-electron chi connectivity index (χ2n) is 8.61. The molecule has 2 nitrogen and oxygen atoms in total.